The molecule has 0 fully saturated rings. The van der Waals surface area contributed by atoms with Gasteiger partial charge in [0.05, 0.1) is 15.8 Å². The third-order valence-corrected chi connectivity index (χ3v) is 5.35. The van der Waals surface area contributed by atoms with Crippen molar-refractivity contribution in [3.8, 4) is 10.6 Å². The van der Waals surface area contributed by atoms with E-state index in [1.54, 1.807) is 24.3 Å². The fourth-order valence-electron chi connectivity index (χ4n) is 2.79. The van der Waals surface area contributed by atoms with Gasteiger partial charge in [0, 0.05) is 11.3 Å². The quantitative estimate of drug-likeness (QED) is 0.250. The summed E-state index contributed by atoms with van der Waals surface area (Å²) in [6.07, 6.45) is 0. The van der Waals surface area contributed by atoms with Crippen molar-refractivity contribution in [2.45, 2.75) is 6.92 Å². The Kier molecular flexibility index (Phi) is 4.79. The number of aryl methyl sites for hydroxylation is 1. The lowest BCUT2D eigenvalue weighted by Crippen LogP contribution is -2.16. The Morgan fingerprint density at radius 2 is 1.66 bits per heavy atom. The van der Waals surface area contributed by atoms with Crippen LogP contribution in [0.1, 0.15) is 15.9 Å². The van der Waals surface area contributed by atoms with Crippen molar-refractivity contribution in [3.05, 3.63) is 82.9 Å². The number of benzene rings is 3. The van der Waals surface area contributed by atoms with E-state index in [4.69, 9.17) is 0 Å². The summed E-state index contributed by atoms with van der Waals surface area (Å²) in [5, 5.41) is 3.12. The second-order valence-corrected chi connectivity index (χ2v) is 7.40. The van der Waals surface area contributed by atoms with E-state index in [9.17, 15) is 22.4 Å². The molecule has 0 spiro atoms. The van der Waals surface area contributed by atoms with Crippen LogP contribution in [0.2, 0.25) is 0 Å². The Labute approximate surface area is 166 Å². The van der Waals surface area contributed by atoms with Crippen LogP contribution in [0.5, 0.6) is 0 Å². The number of nitrogens with zero attached hydrogens (tertiary/aromatic N) is 1. The van der Waals surface area contributed by atoms with Crippen molar-refractivity contribution >= 4 is 33.1 Å². The van der Waals surface area contributed by atoms with E-state index >= 15 is 0 Å². The van der Waals surface area contributed by atoms with E-state index in [2.05, 4.69) is 10.3 Å². The van der Waals surface area contributed by atoms with Crippen molar-refractivity contribution in [2.75, 3.05) is 5.32 Å². The molecule has 0 bridgehead atoms. The maximum Gasteiger partial charge on any atom is 0.258 e. The van der Waals surface area contributed by atoms with Crippen molar-refractivity contribution in [1.82, 2.24) is 4.98 Å². The van der Waals surface area contributed by atoms with Gasteiger partial charge >= 0.3 is 0 Å². The number of halogens is 4. The Hall–Kier alpha value is -3.26. The first-order chi connectivity index (χ1) is 13.8. The molecule has 0 aliphatic heterocycles. The van der Waals surface area contributed by atoms with Gasteiger partial charge in [-0.1, -0.05) is 6.07 Å². The fraction of sp³-hybridized carbons (Fsp3) is 0.0476. The van der Waals surface area contributed by atoms with Gasteiger partial charge in [0.15, 0.2) is 23.3 Å². The standard InChI is InChI=1S/C21H12F4N2OS/c1-10-2-7-15-16(8-10)29-21(27-15)11-3-5-12(6-4-11)26-20(28)13-9-14(22)18(24)19(25)17(13)23/h2-9H,1H3,(H,26,28). The third kappa shape index (κ3) is 3.58. The molecule has 1 N–H and O–H groups in total. The molecule has 4 rings (SSSR count). The van der Waals surface area contributed by atoms with Crippen molar-refractivity contribution in [3.63, 3.8) is 0 Å². The molecular formula is C21H12F4N2OS. The van der Waals surface area contributed by atoms with Crippen LogP contribution in [0.3, 0.4) is 0 Å². The van der Waals surface area contributed by atoms with Gasteiger partial charge in [0.1, 0.15) is 5.01 Å². The smallest absolute Gasteiger partial charge is 0.258 e. The minimum absolute atomic E-state index is 0.278. The first kappa shape index (κ1) is 19.1. The summed E-state index contributed by atoms with van der Waals surface area (Å²) in [5.41, 5.74) is 2.18. The van der Waals surface area contributed by atoms with Gasteiger partial charge in [0.2, 0.25) is 0 Å². The molecule has 0 unspecified atom stereocenters. The molecule has 0 radical (unpaired) electrons. The number of carbonyl (C=O) groups is 1. The van der Waals surface area contributed by atoms with E-state index in [1.807, 2.05) is 25.1 Å². The van der Waals surface area contributed by atoms with E-state index in [1.165, 1.54) is 11.3 Å². The van der Waals surface area contributed by atoms with E-state index < -0.39 is 34.7 Å². The van der Waals surface area contributed by atoms with E-state index in [0.717, 1.165) is 26.4 Å². The molecule has 4 aromatic rings. The lowest BCUT2D eigenvalue weighted by molar-refractivity contribution is 0.102. The van der Waals surface area contributed by atoms with Gasteiger partial charge in [-0.2, -0.15) is 0 Å². The van der Waals surface area contributed by atoms with Gasteiger partial charge < -0.3 is 5.32 Å². The summed E-state index contributed by atoms with van der Waals surface area (Å²) in [7, 11) is 0. The van der Waals surface area contributed by atoms with Crippen LogP contribution in [0.4, 0.5) is 23.2 Å². The Morgan fingerprint density at radius 1 is 0.931 bits per heavy atom. The molecule has 3 aromatic carbocycles. The van der Waals surface area contributed by atoms with Crippen molar-refractivity contribution < 1.29 is 22.4 Å². The first-order valence-corrected chi connectivity index (χ1v) is 9.27. The lowest BCUT2D eigenvalue weighted by atomic mass is 10.1. The van der Waals surface area contributed by atoms with Gasteiger partial charge in [-0.3, -0.25) is 4.79 Å². The molecule has 29 heavy (non-hydrogen) atoms. The number of amides is 1. The van der Waals surface area contributed by atoms with Crippen molar-refractivity contribution in [2.24, 2.45) is 0 Å². The van der Waals surface area contributed by atoms with Crippen LogP contribution in [0, 0.1) is 30.2 Å². The van der Waals surface area contributed by atoms with Gasteiger partial charge in [-0.05, 0) is 55.0 Å². The SMILES string of the molecule is Cc1ccc2nc(-c3ccc(NC(=O)c4cc(F)c(F)c(F)c4F)cc3)sc2c1. The summed E-state index contributed by atoms with van der Waals surface area (Å²) < 4.78 is 54.5. The minimum atomic E-state index is -2.03. The highest BCUT2D eigenvalue weighted by molar-refractivity contribution is 7.21. The zero-order valence-electron chi connectivity index (χ0n) is 14.9. The molecule has 0 aliphatic carbocycles. The molecule has 0 saturated heterocycles. The van der Waals surface area contributed by atoms with Gasteiger partial charge in [0.25, 0.3) is 5.91 Å². The molecule has 146 valence electrons. The maximum absolute atomic E-state index is 13.8. The number of fused-ring (bicyclic) bond motifs is 1. The molecule has 0 saturated carbocycles. The molecule has 0 aliphatic rings. The van der Waals surface area contributed by atoms with Crippen LogP contribution in [-0.4, -0.2) is 10.9 Å². The number of rotatable bonds is 3. The highest BCUT2D eigenvalue weighted by Crippen LogP contribution is 2.31. The predicted molar refractivity (Wildman–Crippen MR) is 104 cm³/mol. The van der Waals surface area contributed by atoms with Crippen LogP contribution >= 0.6 is 11.3 Å². The van der Waals surface area contributed by atoms with Crippen LogP contribution in [-0.2, 0) is 0 Å². The molecule has 1 aromatic heterocycles. The van der Waals surface area contributed by atoms with Gasteiger partial charge in [-0.15, -0.1) is 11.3 Å². The van der Waals surface area contributed by atoms with Crippen LogP contribution < -0.4 is 5.32 Å². The minimum Gasteiger partial charge on any atom is -0.322 e. The second-order valence-electron chi connectivity index (χ2n) is 6.37. The molecule has 1 amide bonds. The number of nitrogens with one attached hydrogen (secondary N) is 1. The molecule has 0 atom stereocenters. The zero-order chi connectivity index (χ0) is 20.7. The van der Waals surface area contributed by atoms with Crippen LogP contribution in [0.15, 0.2) is 48.5 Å². The summed E-state index contributed by atoms with van der Waals surface area (Å²) in [5.74, 6) is -8.48. The average Bonchev–Trinajstić information content (AvgIpc) is 3.12. The molecule has 3 nitrogen and oxygen atoms in total. The van der Waals surface area contributed by atoms with Crippen LogP contribution in [0.25, 0.3) is 20.8 Å². The molecular weight excluding hydrogens is 404 g/mol. The van der Waals surface area contributed by atoms with Crippen molar-refractivity contribution in [1.29, 1.82) is 0 Å². The normalized spacial score (nSPS) is 11.1. The number of aromatic nitrogens is 1. The Balaban J connectivity index is 1.57. The number of hydrogen-bond donors (Lipinski definition) is 1. The highest BCUT2D eigenvalue weighted by atomic mass is 32.1. The lowest BCUT2D eigenvalue weighted by Gasteiger charge is -2.08. The number of carbonyl (C=O) groups excluding carboxylic acids is 1. The Bertz CT molecular complexity index is 1250. The maximum atomic E-state index is 13.8. The zero-order valence-corrected chi connectivity index (χ0v) is 15.7. The number of thiazole rings is 1. The monoisotopic (exact) mass is 416 g/mol. The first-order valence-electron chi connectivity index (χ1n) is 8.45. The largest absolute Gasteiger partial charge is 0.322 e. The van der Waals surface area contributed by atoms with Gasteiger partial charge in [-0.25, -0.2) is 22.5 Å². The predicted octanol–water partition coefficient (Wildman–Crippen LogP) is 6.08. The number of anilines is 1. The second kappa shape index (κ2) is 7.29. The summed E-state index contributed by atoms with van der Waals surface area (Å²) in [4.78, 5) is 16.7. The van der Waals surface area contributed by atoms with E-state index in [0.29, 0.717) is 6.07 Å². The average molecular weight is 416 g/mol. The molecule has 8 heteroatoms. The molecule has 1 heterocycles. The van der Waals surface area contributed by atoms with E-state index in [-0.39, 0.29) is 5.69 Å². The summed E-state index contributed by atoms with van der Waals surface area (Å²) in [6.45, 7) is 2.00. The fourth-order valence-corrected chi connectivity index (χ4v) is 3.86. The highest BCUT2D eigenvalue weighted by Gasteiger charge is 2.23. The summed E-state index contributed by atoms with van der Waals surface area (Å²) >= 11 is 1.52. The third-order valence-electron chi connectivity index (χ3n) is 4.28. The number of hydrogen-bond acceptors (Lipinski definition) is 3. The Morgan fingerprint density at radius 3 is 2.38 bits per heavy atom. The topological polar surface area (TPSA) is 42.0 Å². The summed E-state index contributed by atoms with van der Waals surface area (Å²) in [6, 6.07) is 12.8.